The maximum atomic E-state index is 13.9. The lowest BCUT2D eigenvalue weighted by Crippen LogP contribution is -2.70. The average molecular weight is 669 g/mol. The molecule has 11 nitrogen and oxygen atoms in total. The van der Waals surface area contributed by atoms with Crippen LogP contribution in [0.2, 0.25) is 0 Å². The number of esters is 1. The number of aliphatic hydroxyl groups is 1. The van der Waals surface area contributed by atoms with Crippen LogP contribution in [-0.2, 0) is 19.1 Å². The lowest BCUT2D eigenvalue weighted by molar-refractivity contribution is -0.154. The van der Waals surface area contributed by atoms with E-state index in [0.29, 0.717) is 17.0 Å². The summed E-state index contributed by atoms with van der Waals surface area (Å²) in [6.07, 6.45) is 2.64. The molecule has 42 heavy (non-hydrogen) atoms. The largest absolute Gasteiger partial charge is 0.509 e. The minimum atomic E-state index is -1.06. The Morgan fingerprint density at radius 2 is 1.81 bits per heavy atom. The van der Waals surface area contributed by atoms with Gasteiger partial charge in [-0.3, -0.25) is 14.5 Å². The molecule has 0 spiro atoms. The molecule has 0 saturated carbocycles. The number of carbonyl (C=O) groups excluding carboxylic acids is 3. The van der Waals surface area contributed by atoms with Crippen molar-refractivity contribution >= 4 is 63.1 Å². The third-order valence-electron chi connectivity index (χ3n) is 6.45. The first-order valence-corrected chi connectivity index (χ1v) is 15.5. The maximum absolute atomic E-state index is 13.9. The predicted octanol–water partition coefficient (Wildman–Crippen LogP) is 4.47. The Morgan fingerprint density at radius 1 is 1.14 bits per heavy atom. The highest BCUT2D eigenvalue weighted by Crippen LogP contribution is 2.42. The van der Waals surface area contributed by atoms with Crippen molar-refractivity contribution in [3.8, 4) is 0 Å². The second kappa shape index (κ2) is 13.2. The van der Waals surface area contributed by atoms with E-state index in [1.54, 1.807) is 17.5 Å². The number of benzene rings is 2. The Bertz CT molecular complexity index is 1540. The molecule has 14 heteroatoms. The lowest BCUT2D eigenvalue weighted by Gasteiger charge is -2.49. The molecule has 2 amide bonds. The summed E-state index contributed by atoms with van der Waals surface area (Å²) in [5.74, 6) is -2.55. The number of nitrogens with zero attached hydrogens (tertiary/aromatic N) is 4. The highest BCUT2D eigenvalue weighted by atomic mass is 79.9. The first-order valence-electron chi connectivity index (χ1n) is 12.5. The van der Waals surface area contributed by atoms with Crippen LogP contribution < -0.4 is 5.32 Å². The van der Waals surface area contributed by atoms with Crippen LogP contribution in [0, 0.1) is 4.91 Å². The summed E-state index contributed by atoms with van der Waals surface area (Å²) in [7, 11) is 0. The number of fused-ring (bicyclic) bond motifs is 1. The van der Waals surface area contributed by atoms with Crippen LogP contribution in [0.4, 0.5) is 0 Å². The summed E-state index contributed by atoms with van der Waals surface area (Å²) < 4.78 is 9.94. The van der Waals surface area contributed by atoms with Crippen LogP contribution in [0.25, 0.3) is 6.08 Å². The van der Waals surface area contributed by atoms with Crippen molar-refractivity contribution in [2.24, 2.45) is 5.18 Å². The molecule has 1 unspecified atom stereocenters. The molecule has 1 aromatic heterocycles. The molecule has 2 atom stereocenters. The summed E-state index contributed by atoms with van der Waals surface area (Å²) in [5, 5.41) is 19.8. The summed E-state index contributed by atoms with van der Waals surface area (Å²) in [6.45, 7) is 0. The van der Waals surface area contributed by atoms with E-state index in [1.165, 1.54) is 28.2 Å². The number of aliphatic hydroxyl groups excluding tert-OH is 1. The summed E-state index contributed by atoms with van der Waals surface area (Å²) >= 11 is 5.46. The number of ether oxygens (including phenoxy) is 1. The van der Waals surface area contributed by atoms with Gasteiger partial charge in [0.25, 0.3) is 11.8 Å². The zero-order valence-electron chi connectivity index (χ0n) is 21.6. The van der Waals surface area contributed by atoms with Gasteiger partial charge in [0.2, 0.25) is 5.70 Å². The van der Waals surface area contributed by atoms with Crippen molar-refractivity contribution in [1.29, 1.82) is 0 Å². The Hall–Kier alpha value is -4.14. The molecule has 1 fully saturated rings. The highest BCUT2D eigenvalue weighted by molar-refractivity contribution is 9.09. The molecule has 2 aromatic carbocycles. The monoisotopic (exact) mass is 667 g/mol. The van der Waals surface area contributed by atoms with Gasteiger partial charge in [-0.2, -0.15) is 0 Å². The van der Waals surface area contributed by atoms with Crippen LogP contribution in [0.15, 0.2) is 100 Å². The number of amides is 2. The minimum Gasteiger partial charge on any atom is -0.509 e. The van der Waals surface area contributed by atoms with Crippen molar-refractivity contribution in [2.45, 2.75) is 17.5 Å². The molecule has 0 radical (unpaired) electrons. The number of β-lactam (4-membered cyclic amide) rings is 1. The second-order valence-corrected chi connectivity index (χ2v) is 11.3. The molecule has 0 bridgehead atoms. The zero-order valence-corrected chi connectivity index (χ0v) is 24.8. The molecular formula is C28H22BrN5O6S2. The van der Waals surface area contributed by atoms with Gasteiger partial charge in [0, 0.05) is 11.1 Å². The standard InChI is InChI=1S/C28H22BrN5O6S2/c29-13-20(35)21(32-39)25(36)30-22-26(37)34-23(18(14-41-27(22)34)11-12-19-15-42-33-31-19)28(38)40-24(16-7-3-1-4-8-16)17-9-5-2-6-10-17/h1-12,15,22,24,27,35H,13-14H2,(H,30,36)/b12-11-,21-20?/t22?,27-/m0/s1. The minimum absolute atomic E-state index is 0.0399. The van der Waals surface area contributed by atoms with Crippen molar-refractivity contribution in [3.05, 3.63) is 117 Å². The molecule has 3 aromatic rings. The fourth-order valence-corrected chi connectivity index (χ4v) is 6.44. The third kappa shape index (κ3) is 6.05. The number of hydrogen-bond acceptors (Lipinski definition) is 11. The van der Waals surface area contributed by atoms with Crippen LogP contribution >= 0.6 is 39.2 Å². The van der Waals surface area contributed by atoms with Crippen LogP contribution in [0.1, 0.15) is 22.9 Å². The fraction of sp³-hybridized carbons (Fsp3) is 0.179. The number of rotatable bonds is 10. The van der Waals surface area contributed by atoms with E-state index < -0.39 is 46.8 Å². The molecule has 5 rings (SSSR count). The third-order valence-corrected chi connectivity index (χ3v) is 8.80. The quantitative estimate of drug-likeness (QED) is 0.0797. The normalized spacial score (nSPS) is 18.8. The molecule has 2 N–H and O–H groups in total. The molecular weight excluding hydrogens is 646 g/mol. The number of carbonyl (C=O) groups is 3. The van der Waals surface area contributed by atoms with E-state index in [1.807, 2.05) is 60.7 Å². The first kappa shape index (κ1) is 29.4. The molecule has 214 valence electrons. The lowest BCUT2D eigenvalue weighted by atomic mass is 10.0. The Balaban J connectivity index is 1.47. The van der Waals surface area contributed by atoms with Crippen molar-refractivity contribution in [2.75, 3.05) is 11.1 Å². The summed E-state index contributed by atoms with van der Waals surface area (Å²) in [5.41, 5.74) is 1.92. The number of aromatic nitrogens is 2. The average Bonchev–Trinajstić information content (AvgIpc) is 3.55. The zero-order chi connectivity index (χ0) is 29.6. The van der Waals surface area contributed by atoms with E-state index in [2.05, 4.69) is 36.0 Å². The number of halogens is 1. The van der Waals surface area contributed by atoms with E-state index in [0.717, 1.165) is 11.1 Å². The van der Waals surface area contributed by atoms with Gasteiger partial charge in [-0.25, -0.2) is 4.79 Å². The van der Waals surface area contributed by atoms with Gasteiger partial charge in [0.15, 0.2) is 6.10 Å². The molecule has 2 aliphatic heterocycles. The van der Waals surface area contributed by atoms with Gasteiger partial charge < -0.3 is 15.2 Å². The summed E-state index contributed by atoms with van der Waals surface area (Å²) in [4.78, 5) is 52.4. The van der Waals surface area contributed by atoms with Crippen LogP contribution in [0.3, 0.4) is 0 Å². The fourth-order valence-electron chi connectivity index (χ4n) is 4.44. The molecule has 3 heterocycles. The number of nitroso groups, excluding NO2 is 1. The van der Waals surface area contributed by atoms with Gasteiger partial charge in [-0.1, -0.05) is 87.2 Å². The van der Waals surface area contributed by atoms with Gasteiger partial charge >= 0.3 is 5.97 Å². The van der Waals surface area contributed by atoms with E-state index in [-0.39, 0.29) is 11.0 Å². The smallest absolute Gasteiger partial charge is 0.356 e. The van der Waals surface area contributed by atoms with Crippen molar-refractivity contribution < 1.29 is 24.2 Å². The maximum Gasteiger partial charge on any atom is 0.356 e. The number of alkyl halides is 1. The van der Waals surface area contributed by atoms with Gasteiger partial charge in [-0.05, 0) is 39.5 Å². The Morgan fingerprint density at radius 3 is 2.38 bits per heavy atom. The number of hydrogen-bond donors (Lipinski definition) is 2. The van der Waals surface area contributed by atoms with Crippen LogP contribution in [0.5, 0.6) is 0 Å². The van der Waals surface area contributed by atoms with E-state index >= 15 is 0 Å². The topological polar surface area (TPSA) is 151 Å². The summed E-state index contributed by atoms with van der Waals surface area (Å²) in [6, 6.07) is 17.5. The van der Waals surface area contributed by atoms with Gasteiger partial charge in [-0.15, -0.1) is 21.8 Å². The first-order chi connectivity index (χ1) is 20.4. The molecule has 0 aliphatic carbocycles. The number of nitrogens with one attached hydrogen (secondary N) is 1. The predicted molar refractivity (Wildman–Crippen MR) is 161 cm³/mol. The molecule has 2 aliphatic rings. The van der Waals surface area contributed by atoms with Gasteiger partial charge in [0.1, 0.15) is 22.9 Å². The van der Waals surface area contributed by atoms with Crippen molar-refractivity contribution in [1.82, 2.24) is 19.8 Å². The Labute approximate surface area is 256 Å². The second-order valence-electron chi connectivity index (χ2n) is 9.02. The molecule has 1 saturated heterocycles. The highest BCUT2D eigenvalue weighted by Gasteiger charge is 2.54. The van der Waals surface area contributed by atoms with E-state index in [9.17, 15) is 24.4 Å². The van der Waals surface area contributed by atoms with Crippen molar-refractivity contribution in [3.63, 3.8) is 0 Å². The van der Waals surface area contributed by atoms with E-state index in [4.69, 9.17) is 4.74 Å². The number of allylic oxidation sites excluding steroid dienone is 2. The Kier molecular flexibility index (Phi) is 9.25. The SMILES string of the molecule is O=NC(C(=O)NC1C(=O)N2C(C(=O)OC(c3ccccc3)c3ccccc3)=C(/C=C\c3csnn3)CS[C@@H]12)=C(O)CBr. The van der Waals surface area contributed by atoms with Gasteiger partial charge in [0.05, 0.1) is 11.0 Å². The number of thioether (sulfide) groups is 1. The van der Waals surface area contributed by atoms with Crippen LogP contribution in [-0.4, -0.2) is 59.9 Å².